The Morgan fingerprint density at radius 3 is 2.08 bits per heavy atom. The highest BCUT2D eigenvalue weighted by molar-refractivity contribution is 5.71. The summed E-state index contributed by atoms with van der Waals surface area (Å²) in [5, 5.41) is 18.4. The number of carbonyl (C=O) groups excluding carboxylic acids is 1. The van der Waals surface area contributed by atoms with Crippen molar-refractivity contribution in [1.82, 2.24) is 0 Å². The molecule has 9 heteroatoms. The van der Waals surface area contributed by atoms with Crippen molar-refractivity contribution in [1.29, 1.82) is 0 Å². The van der Waals surface area contributed by atoms with E-state index in [1.807, 2.05) is 0 Å². The molecule has 39 heavy (non-hydrogen) atoms. The Bertz CT molecular complexity index is 867. The van der Waals surface area contributed by atoms with Gasteiger partial charge >= 0.3 is 18.1 Å². The molecule has 4 rings (SSSR count). The number of carbonyl (C=O) groups is 2. The number of carboxylic acid groups (broad SMARTS) is 1. The lowest BCUT2D eigenvalue weighted by molar-refractivity contribution is -0.259. The fourth-order valence-electron chi connectivity index (χ4n) is 7.99. The van der Waals surface area contributed by atoms with E-state index in [4.69, 9.17) is 14.6 Å². The van der Waals surface area contributed by atoms with Crippen LogP contribution in [0.15, 0.2) is 0 Å². The third-order valence-electron chi connectivity index (χ3n) is 10.5. The zero-order valence-corrected chi connectivity index (χ0v) is 24.6. The Morgan fingerprint density at radius 2 is 1.56 bits per heavy atom. The molecule has 9 unspecified atom stereocenters. The first kappa shape index (κ1) is 32.2. The lowest BCUT2D eigenvalue weighted by Gasteiger charge is -2.41. The van der Waals surface area contributed by atoms with Crippen LogP contribution in [0, 0.1) is 53.3 Å². The van der Waals surface area contributed by atoms with Crippen molar-refractivity contribution in [2.45, 2.75) is 117 Å². The van der Waals surface area contributed by atoms with Crippen LogP contribution in [-0.2, 0) is 19.1 Å². The van der Waals surface area contributed by atoms with Crippen molar-refractivity contribution >= 4 is 11.9 Å². The summed E-state index contributed by atoms with van der Waals surface area (Å²) in [6.07, 6.45) is 0.402. The first-order valence-corrected chi connectivity index (χ1v) is 14.7. The van der Waals surface area contributed by atoms with Gasteiger partial charge in [0.25, 0.3) is 0 Å². The van der Waals surface area contributed by atoms with Crippen molar-refractivity contribution in [3.63, 3.8) is 0 Å². The lowest BCUT2D eigenvalue weighted by Crippen LogP contribution is -2.44. The minimum absolute atomic E-state index is 0.109. The van der Waals surface area contributed by atoms with Crippen molar-refractivity contribution in [2.75, 3.05) is 6.61 Å². The van der Waals surface area contributed by atoms with Gasteiger partial charge in [0.15, 0.2) is 5.60 Å². The Hall–Kier alpha value is -1.35. The first-order chi connectivity index (χ1) is 17.8. The topological polar surface area (TPSA) is 93.1 Å². The van der Waals surface area contributed by atoms with Crippen molar-refractivity contribution in [3.8, 4) is 0 Å². The highest BCUT2D eigenvalue weighted by Gasteiger charge is 2.54. The maximum atomic E-state index is 12.8. The maximum Gasteiger partial charge on any atom is 0.416 e. The van der Waals surface area contributed by atoms with Gasteiger partial charge in [0.2, 0.25) is 0 Å². The van der Waals surface area contributed by atoms with E-state index in [1.165, 1.54) is 12.8 Å². The molecule has 0 amide bonds. The van der Waals surface area contributed by atoms with Gasteiger partial charge in [-0.2, -0.15) is 13.2 Å². The predicted molar refractivity (Wildman–Crippen MR) is 141 cm³/mol. The van der Waals surface area contributed by atoms with Crippen LogP contribution in [0.2, 0.25) is 0 Å². The molecule has 0 aliphatic heterocycles. The largest absolute Gasteiger partial charge is 0.480 e. The van der Waals surface area contributed by atoms with Crippen LogP contribution < -0.4 is 0 Å². The second-order valence-corrected chi connectivity index (χ2v) is 14.0. The smallest absolute Gasteiger partial charge is 0.416 e. The molecule has 0 radical (unpaired) electrons. The van der Waals surface area contributed by atoms with Crippen LogP contribution in [0.25, 0.3) is 0 Å². The first-order valence-electron chi connectivity index (χ1n) is 14.7. The van der Waals surface area contributed by atoms with Gasteiger partial charge < -0.3 is 19.7 Å². The van der Waals surface area contributed by atoms with Crippen molar-refractivity contribution in [2.24, 2.45) is 53.3 Å². The number of aliphatic carboxylic acids is 1. The third kappa shape index (κ3) is 7.49. The van der Waals surface area contributed by atoms with E-state index >= 15 is 0 Å². The number of rotatable bonds is 8. The Kier molecular flexibility index (Phi) is 9.79. The summed E-state index contributed by atoms with van der Waals surface area (Å²) < 4.78 is 49.6. The summed E-state index contributed by atoms with van der Waals surface area (Å²) in [7, 11) is 0. The molecule has 0 aromatic heterocycles. The average molecular weight is 563 g/mol. The van der Waals surface area contributed by atoms with Gasteiger partial charge in [-0.1, -0.05) is 27.7 Å². The SMILES string of the molecule is CC(C)C(=O)OC1CC2CC(C1)C(CC(C)(O)C(F)(F)F)C2.CC1C2CC(C(C(C)(C)OCC(=O)O)C2)[C@H]1C. The molecule has 4 fully saturated rings. The van der Waals surface area contributed by atoms with Gasteiger partial charge in [-0.3, -0.25) is 4.79 Å². The Labute approximate surface area is 231 Å². The molecule has 0 aromatic carbocycles. The number of esters is 1. The van der Waals surface area contributed by atoms with E-state index in [0.29, 0.717) is 24.7 Å². The molecule has 4 aliphatic carbocycles. The molecule has 0 heterocycles. The number of aliphatic hydroxyl groups is 1. The summed E-state index contributed by atoms with van der Waals surface area (Å²) in [5.74, 6) is 2.61. The normalized spacial score (nSPS) is 37.3. The van der Waals surface area contributed by atoms with Crippen molar-refractivity contribution in [3.05, 3.63) is 0 Å². The van der Waals surface area contributed by atoms with Crippen LogP contribution in [0.3, 0.4) is 0 Å². The molecule has 4 bridgehead atoms. The second-order valence-electron chi connectivity index (χ2n) is 14.0. The average Bonchev–Trinajstić information content (AvgIpc) is 3.45. The summed E-state index contributed by atoms with van der Waals surface area (Å²) in [6.45, 7) is 13.0. The van der Waals surface area contributed by atoms with Crippen LogP contribution in [0.1, 0.15) is 93.4 Å². The minimum atomic E-state index is -4.60. The maximum absolute atomic E-state index is 12.8. The summed E-state index contributed by atoms with van der Waals surface area (Å²) in [6, 6.07) is 0. The number of hydrogen-bond acceptors (Lipinski definition) is 5. The molecule has 4 saturated carbocycles. The van der Waals surface area contributed by atoms with Gasteiger partial charge in [-0.05, 0) is 113 Å². The number of alkyl halides is 3. The summed E-state index contributed by atoms with van der Waals surface area (Å²) in [4.78, 5) is 22.3. The molecular weight excluding hydrogens is 513 g/mol. The molecular formula is C30H49F3O6. The van der Waals surface area contributed by atoms with Gasteiger partial charge in [-0.25, -0.2) is 4.79 Å². The highest BCUT2D eigenvalue weighted by atomic mass is 19.4. The second kappa shape index (κ2) is 11.9. The number of hydrogen-bond donors (Lipinski definition) is 2. The Balaban J connectivity index is 0.000000223. The minimum Gasteiger partial charge on any atom is -0.480 e. The fraction of sp³-hybridized carbons (Fsp3) is 0.933. The van der Waals surface area contributed by atoms with Crippen LogP contribution >= 0.6 is 0 Å². The molecule has 2 N–H and O–H groups in total. The van der Waals surface area contributed by atoms with E-state index in [9.17, 15) is 27.9 Å². The molecule has 0 aromatic rings. The fourth-order valence-corrected chi connectivity index (χ4v) is 7.99. The number of ether oxygens (including phenoxy) is 2. The summed E-state index contributed by atoms with van der Waals surface area (Å²) >= 11 is 0. The zero-order chi connectivity index (χ0) is 29.5. The molecule has 10 atom stereocenters. The molecule has 6 nitrogen and oxygen atoms in total. The summed E-state index contributed by atoms with van der Waals surface area (Å²) in [5.41, 5.74) is -2.94. The van der Waals surface area contributed by atoms with E-state index in [0.717, 1.165) is 43.4 Å². The molecule has 0 spiro atoms. The quantitative estimate of drug-likeness (QED) is 0.329. The molecule has 0 saturated heterocycles. The van der Waals surface area contributed by atoms with Gasteiger partial charge in [0.05, 0.1) is 11.5 Å². The van der Waals surface area contributed by atoms with Crippen LogP contribution in [-0.4, -0.2) is 52.2 Å². The van der Waals surface area contributed by atoms with E-state index < -0.39 is 17.7 Å². The highest BCUT2D eigenvalue weighted by Crippen LogP contribution is 2.58. The third-order valence-corrected chi connectivity index (χ3v) is 10.5. The Morgan fingerprint density at radius 1 is 0.923 bits per heavy atom. The van der Waals surface area contributed by atoms with Gasteiger partial charge in [-0.15, -0.1) is 0 Å². The van der Waals surface area contributed by atoms with Crippen molar-refractivity contribution < 1.29 is 42.4 Å². The zero-order valence-electron chi connectivity index (χ0n) is 24.6. The van der Waals surface area contributed by atoms with Crippen LogP contribution in [0.4, 0.5) is 13.2 Å². The van der Waals surface area contributed by atoms with Crippen LogP contribution in [0.5, 0.6) is 0 Å². The number of fused-ring (bicyclic) bond motifs is 4. The van der Waals surface area contributed by atoms with Gasteiger partial charge in [0, 0.05) is 0 Å². The monoisotopic (exact) mass is 562 g/mol. The number of halogens is 3. The molecule has 226 valence electrons. The predicted octanol–water partition coefficient (Wildman–Crippen LogP) is 6.49. The van der Waals surface area contributed by atoms with Gasteiger partial charge in [0.1, 0.15) is 12.7 Å². The lowest BCUT2D eigenvalue weighted by atomic mass is 9.70. The van der Waals surface area contributed by atoms with E-state index in [1.54, 1.807) is 13.8 Å². The standard InChI is InChI=1S/C16H25F3O3.C14H24O3/c1-9(2)14(20)22-13-6-10-4-11(7-13)12(5-10)8-15(3,21)16(17,18)19;1-8-9(2)11-5-10(8)6-12(11)14(3,4)17-7-13(15)16/h9-13,21H,4-8H2,1-3H3;8-12H,5-7H2,1-4H3,(H,15,16)/t;8?,9-,10?,11?,12?/m.0/s1. The number of carboxylic acids is 1. The van der Waals surface area contributed by atoms with E-state index in [-0.39, 0.29) is 48.5 Å². The van der Waals surface area contributed by atoms with E-state index in [2.05, 4.69) is 27.7 Å². The molecule has 4 aliphatic rings.